The first-order chi connectivity index (χ1) is 17.4. The molecule has 7 nitrogen and oxygen atoms in total. The number of carbonyl (C=O) groups is 1. The molecule has 1 aliphatic heterocycles. The maximum atomic E-state index is 13.7. The predicted molar refractivity (Wildman–Crippen MR) is 143 cm³/mol. The average molecular weight is 524 g/mol. The highest BCUT2D eigenvalue weighted by Crippen LogP contribution is 2.36. The molecule has 4 rings (SSSR count). The summed E-state index contributed by atoms with van der Waals surface area (Å²) in [5.41, 5.74) is 5.24. The summed E-state index contributed by atoms with van der Waals surface area (Å²) in [4.78, 5) is 11.8. The lowest BCUT2D eigenvalue weighted by Gasteiger charge is -2.33. The van der Waals surface area contributed by atoms with Gasteiger partial charge in [0.2, 0.25) is 10.0 Å². The Balaban J connectivity index is 1.71. The Labute approximate surface area is 218 Å². The molecule has 0 bridgehead atoms. The molecular weight excluding hydrogens is 490 g/mol. The zero-order valence-corrected chi connectivity index (χ0v) is 22.7. The van der Waals surface area contributed by atoms with Gasteiger partial charge in [-0.15, -0.1) is 0 Å². The zero-order chi connectivity index (χ0) is 27.0. The normalized spacial score (nSPS) is 14.6. The van der Waals surface area contributed by atoms with Crippen molar-refractivity contribution in [2.45, 2.75) is 57.6 Å². The van der Waals surface area contributed by atoms with Gasteiger partial charge in [-0.25, -0.2) is 8.42 Å². The van der Waals surface area contributed by atoms with Crippen molar-refractivity contribution in [1.82, 2.24) is 4.31 Å². The van der Waals surface area contributed by atoms with Crippen molar-refractivity contribution in [2.24, 2.45) is 0 Å². The standard InChI is InChI=1S/C29H33NO6S/c1-19-6-7-21(14-20(19)2)22-8-10-26(35-5)24(15-22)17-30(18-28(31)32)37(33,34)25-9-11-27-23(16-25)12-13-29(3,4)36-27/h6-11,14-16H,12-13,17-18H2,1-5H3,(H,31,32). The highest BCUT2D eigenvalue weighted by molar-refractivity contribution is 7.89. The maximum absolute atomic E-state index is 13.7. The molecule has 0 saturated carbocycles. The zero-order valence-electron chi connectivity index (χ0n) is 21.9. The van der Waals surface area contributed by atoms with Gasteiger partial charge in [0.05, 0.1) is 12.0 Å². The molecule has 0 amide bonds. The summed E-state index contributed by atoms with van der Waals surface area (Å²) in [5.74, 6) is -0.0992. The number of carboxylic acids is 1. The third kappa shape index (κ3) is 5.81. The Kier molecular flexibility index (Phi) is 7.35. The number of fused-ring (bicyclic) bond motifs is 1. The summed E-state index contributed by atoms with van der Waals surface area (Å²) in [5, 5.41) is 9.58. The minimum absolute atomic E-state index is 0.0417. The van der Waals surface area contributed by atoms with Crippen molar-refractivity contribution >= 4 is 16.0 Å². The van der Waals surface area contributed by atoms with Gasteiger partial charge in [0.25, 0.3) is 0 Å². The highest BCUT2D eigenvalue weighted by Gasteiger charge is 2.31. The van der Waals surface area contributed by atoms with Gasteiger partial charge in [-0.1, -0.05) is 24.3 Å². The molecule has 0 saturated heterocycles. The van der Waals surface area contributed by atoms with E-state index in [2.05, 4.69) is 6.07 Å². The van der Waals surface area contributed by atoms with E-state index in [-0.39, 0.29) is 17.0 Å². The van der Waals surface area contributed by atoms with Gasteiger partial charge in [-0.2, -0.15) is 4.31 Å². The smallest absolute Gasteiger partial charge is 0.318 e. The molecule has 0 aliphatic carbocycles. The van der Waals surface area contributed by atoms with Gasteiger partial charge in [-0.3, -0.25) is 4.79 Å². The van der Waals surface area contributed by atoms with Crippen LogP contribution in [0.25, 0.3) is 11.1 Å². The fourth-order valence-corrected chi connectivity index (χ4v) is 5.93. The predicted octanol–water partition coefficient (Wildman–Crippen LogP) is 5.36. The number of hydrogen-bond donors (Lipinski definition) is 1. The molecule has 0 radical (unpaired) electrons. The Morgan fingerprint density at radius 2 is 1.73 bits per heavy atom. The molecule has 3 aromatic rings. The Hall–Kier alpha value is -3.36. The van der Waals surface area contributed by atoms with E-state index in [0.29, 0.717) is 23.5 Å². The Morgan fingerprint density at radius 1 is 1.03 bits per heavy atom. The van der Waals surface area contributed by atoms with Gasteiger partial charge in [0.1, 0.15) is 23.6 Å². The van der Waals surface area contributed by atoms with Crippen LogP contribution in [0.4, 0.5) is 0 Å². The van der Waals surface area contributed by atoms with Crippen LogP contribution in [0.5, 0.6) is 11.5 Å². The summed E-state index contributed by atoms with van der Waals surface area (Å²) < 4.78 is 39.9. The fourth-order valence-electron chi connectivity index (χ4n) is 4.51. The number of carboxylic acid groups (broad SMARTS) is 1. The second-order valence-electron chi connectivity index (χ2n) is 10.1. The van der Waals surface area contributed by atoms with E-state index in [4.69, 9.17) is 9.47 Å². The fraction of sp³-hybridized carbons (Fsp3) is 0.345. The molecule has 196 valence electrons. The maximum Gasteiger partial charge on any atom is 0.318 e. The van der Waals surface area contributed by atoms with Crippen molar-refractivity contribution in [1.29, 1.82) is 0 Å². The quantitative estimate of drug-likeness (QED) is 0.427. The number of rotatable bonds is 8. The topological polar surface area (TPSA) is 93.1 Å². The van der Waals surface area contributed by atoms with Crippen LogP contribution in [0.1, 0.15) is 42.5 Å². The van der Waals surface area contributed by atoms with E-state index in [0.717, 1.165) is 33.0 Å². The molecule has 37 heavy (non-hydrogen) atoms. The molecule has 3 aromatic carbocycles. The van der Waals surface area contributed by atoms with E-state index in [1.54, 1.807) is 18.2 Å². The second-order valence-corrected chi connectivity index (χ2v) is 12.1. The van der Waals surface area contributed by atoms with Crippen molar-refractivity contribution in [3.8, 4) is 22.6 Å². The number of methoxy groups -OCH3 is 1. The molecule has 8 heteroatoms. The first kappa shape index (κ1) is 26.7. The van der Waals surface area contributed by atoms with Gasteiger partial charge in [-0.05, 0) is 98.7 Å². The molecule has 0 spiro atoms. The van der Waals surface area contributed by atoms with E-state index in [1.165, 1.54) is 18.7 Å². The lowest BCUT2D eigenvalue weighted by molar-refractivity contribution is -0.137. The van der Waals surface area contributed by atoms with Gasteiger partial charge in [0.15, 0.2) is 0 Å². The summed E-state index contributed by atoms with van der Waals surface area (Å²) in [6.07, 6.45) is 1.43. The number of aryl methyl sites for hydroxylation is 3. The van der Waals surface area contributed by atoms with Crippen LogP contribution in [-0.4, -0.2) is 43.1 Å². The Morgan fingerprint density at radius 3 is 2.41 bits per heavy atom. The monoisotopic (exact) mass is 523 g/mol. The average Bonchev–Trinajstić information content (AvgIpc) is 2.84. The lowest BCUT2D eigenvalue weighted by atomic mass is 9.94. The van der Waals surface area contributed by atoms with Crippen LogP contribution in [0.3, 0.4) is 0 Å². The van der Waals surface area contributed by atoms with E-state index < -0.39 is 22.5 Å². The molecule has 0 atom stereocenters. The van der Waals surface area contributed by atoms with E-state index in [9.17, 15) is 18.3 Å². The first-order valence-electron chi connectivity index (χ1n) is 12.2. The van der Waals surface area contributed by atoms with Gasteiger partial charge < -0.3 is 14.6 Å². The summed E-state index contributed by atoms with van der Waals surface area (Å²) >= 11 is 0. The highest BCUT2D eigenvalue weighted by atomic mass is 32.2. The number of benzene rings is 3. The van der Waals surface area contributed by atoms with Gasteiger partial charge >= 0.3 is 5.97 Å². The first-order valence-corrected chi connectivity index (χ1v) is 13.6. The minimum Gasteiger partial charge on any atom is -0.496 e. The van der Waals surface area contributed by atoms with E-state index >= 15 is 0 Å². The van der Waals surface area contributed by atoms with Crippen LogP contribution in [0, 0.1) is 13.8 Å². The molecule has 1 heterocycles. The summed E-state index contributed by atoms with van der Waals surface area (Å²) in [6, 6.07) is 16.4. The summed E-state index contributed by atoms with van der Waals surface area (Å²) in [6.45, 7) is 7.23. The van der Waals surface area contributed by atoms with Gasteiger partial charge in [0, 0.05) is 12.1 Å². The van der Waals surface area contributed by atoms with Crippen molar-refractivity contribution < 1.29 is 27.8 Å². The third-order valence-corrected chi connectivity index (χ3v) is 8.62. The largest absolute Gasteiger partial charge is 0.496 e. The SMILES string of the molecule is COc1ccc(-c2ccc(C)c(C)c2)cc1CN(CC(=O)O)S(=O)(=O)c1ccc2c(c1)CCC(C)(C)O2. The molecular formula is C29H33NO6S. The molecule has 1 N–H and O–H groups in total. The number of hydrogen-bond acceptors (Lipinski definition) is 5. The molecule has 0 aromatic heterocycles. The third-order valence-electron chi connectivity index (χ3n) is 6.83. The molecule has 1 aliphatic rings. The lowest BCUT2D eigenvalue weighted by Crippen LogP contribution is -2.36. The number of ether oxygens (including phenoxy) is 2. The minimum atomic E-state index is -4.13. The van der Waals surface area contributed by atoms with Crippen molar-refractivity contribution in [3.05, 3.63) is 76.9 Å². The van der Waals surface area contributed by atoms with Crippen LogP contribution >= 0.6 is 0 Å². The Bertz CT molecular complexity index is 1440. The summed E-state index contributed by atoms with van der Waals surface area (Å²) in [7, 11) is -2.62. The number of aliphatic carboxylic acids is 1. The van der Waals surface area contributed by atoms with E-state index in [1.807, 2.05) is 52.0 Å². The second kappa shape index (κ2) is 10.2. The van der Waals surface area contributed by atoms with Crippen LogP contribution < -0.4 is 9.47 Å². The van der Waals surface area contributed by atoms with Crippen molar-refractivity contribution in [2.75, 3.05) is 13.7 Å². The van der Waals surface area contributed by atoms with Crippen LogP contribution in [-0.2, 0) is 27.8 Å². The molecule has 0 fully saturated rings. The molecule has 0 unspecified atom stereocenters. The number of sulfonamides is 1. The van der Waals surface area contributed by atoms with Crippen LogP contribution in [0.15, 0.2) is 59.5 Å². The number of nitrogens with zero attached hydrogens (tertiary/aromatic N) is 1. The van der Waals surface area contributed by atoms with Crippen molar-refractivity contribution in [3.63, 3.8) is 0 Å². The van der Waals surface area contributed by atoms with Crippen LogP contribution in [0.2, 0.25) is 0 Å².